The van der Waals surface area contributed by atoms with E-state index in [1.165, 1.54) is 6.33 Å². The number of aryl methyl sites for hydroxylation is 1. The Morgan fingerprint density at radius 3 is 2.62 bits per heavy atom. The second kappa shape index (κ2) is 5.54. The molecule has 0 aliphatic carbocycles. The van der Waals surface area contributed by atoms with Crippen molar-refractivity contribution < 1.29 is 4.79 Å². The molecule has 1 aromatic carbocycles. The molecule has 0 spiro atoms. The molecule has 0 unspecified atom stereocenters. The van der Waals surface area contributed by atoms with Gasteiger partial charge >= 0.3 is 0 Å². The highest BCUT2D eigenvalue weighted by Gasteiger charge is 2.07. The molecule has 3 aromatic rings. The number of rotatable bonds is 3. The molecule has 0 aliphatic heterocycles. The van der Waals surface area contributed by atoms with Gasteiger partial charge in [-0.25, -0.2) is 14.6 Å². The summed E-state index contributed by atoms with van der Waals surface area (Å²) >= 11 is 0. The maximum atomic E-state index is 12.1. The molecule has 0 radical (unpaired) electrons. The minimum absolute atomic E-state index is 0.196. The third-order valence-corrected chi connectivity index (χ3v) is 2.94. The lowest BCUT2D eigenvalue weighted by Crippen LogP contribution is -2.13. The SMILES string of the molecule is Cc1cccc(NC(=O)c2ccc(-n3cncn3)cc2)n1. The number of aromatic nitrogens is 4. The molecule has 104 valence electrons. The molecule has 1 N–H and O–H groups in total. The fourth-order valence-electron chi connectivity index (χ4n) is 1.91. The number of hydrogen-bond donors (Lipinski definition) is 1. The highest BCUT2D eigenvalue weighted by atomic mass is 16.1. The van der Waals surface area contributed by atoms with Gasteiger partial charge in [-0.15, -0.1) is 0 Å². The molecule has 0 aliphatic rings. The van der Waals surface area contributed by atoms with Crippen LogP contribution in [0.15, 0.2) is 55.1 Å². The van der Waals surface area contributed by atoms with Crippen LogP contribution in [-0.2, 0) is 0 Å². The molecule has 0 atom stereocenters. The minimum Gasteiger partial charge on any atom is -0.307 e. The van der Waals surface area contributed by atoms with Crippen LogP contribution in [0.2, 0.25) is 0 Å². The smallest absolute Gasteiger partial charge is 0.256 e. The first-order valence-electron chi connectivity index (χ1n) is 6.42. The second-order valence-electron chi connectivity index (χ2n) is 4.51. The van der Waals surface area contributed by atoms with Crippen LogP contribution in [0.3, 0.4) is 0 Å². The van der Waals surface area contributed by atoms with Crippen LogP contribution in [0.4, 0.5) is 5.82 Å². The van der Waals surface area contributed by atoms with Crippen molar-refractivity contribution in [2.75, 3.05) is 5.32 Å². The first-order chi connectivity index (χ1) is 10.2. The van der Waals surface area contributed by atoms with E-state index < -0.39 is 0 Å². The van der Waals surface area contributed by atoms with Crippen molar-refractivity contribution in [2.45, 2.75) is 6.92 Å². The standard InChI is InChI=1S/C15H13N5O/c1-11-3-2-4-14(18-11)19-15(21)12-5-7-13(8-6-12)20-10-16-9-17-20/h2-10H,1H3,(H,18,19,21). The highest BCUT2D eigenvalue weighted by Crippen LogP contribution is 2.11. The van der Waals surface area contributed by atoms with E-state index in [9.17, 15) is 4.79 Å². The Hall–Kier alpha value is -3.02. The van der Waals surface area contributed by atoms with Gasteiger partial charge in [-0.3, -0.25) is 4.79 Å². The van der Waals surface area contributed by atoms with E-state index in [1.807, 2.05) is 31.2 Å². The number of hydrogen-bond acceptors (Lipinski definition) is 4. The molecule has 2 aromatic heterocycles. The number of anilines is 1. The van der Waals surface area contributed by atoms with E-state index in [4.69, 9.17) is 0 Å². The summed E-state index contributed by atoms with van der Waals surface area (Å²) in [5.41, 5.74) is 2.26. The first-order valence-corrected chi connectivity index (χ1v) is 6.42. The van der Waals surface area contributed by atoms with Crippen LogP contribution in [0.5, 0.6) is 0 Å². The summed E-state index contributed by atoms with van der Waals surface area (Å²) in [6.07, 6.45) is 3.07. The van der Waals surface area contributed by atoms with Gasteiger partial charge < -0.3 is 5.32 Å². The summed E-state index contributed by atoms with van der Waals surface area (Å²) in [7, 11) is 0. The number of nitrogens with one attached hydrogen (secondary N) is 1. The third kappa shape index (κ3) is 2.94. The molecule has 6 heteroatoms. The van der Waals surface area contributed by atoms with Crippen molar-refractivity contribution in [3.05, 3.63) is 66.4 Å². The number of carbonyl (C=O) groups excluding carboxylic acids is 1. The Labute approximate surface area is 121 Å². The van der Waals surface area contributed by atoms with Gasteiger partial charge in [-0.2, -0.15) is 5.10 Å². The lowest BCUT2D eigenvalue weighted by Gasteiger charge is -2.06. The van der Waals surface area contributed by atoms with Gasteiger partial charge in [-0.1, -0.05) is 6.07 Å². The normalized spacial score (nSPS) is 10.3. The van der Waals surface area contributed by atoms with Gasteiger partial charge in [0, 0.05) is 11.3 Å². The zero-order valence-corrected chi connectivity index (χ0v) is 11.4. The molecular formula is C15H13N5O. The van der Waals surface area contributed by atoms with Gasteiger partial charge in [0.2, 0.25) is 0 Å². The zero-order valence-electron chi connectivity index (χ0n) is 11.4. The summed E-state index contributed by atoms with van der Waals surface area (Å²) in [6, 6.07) is 12.6. The molecule has 0 bridgehead atoms. The van der Waals surface area contributed by atoms with E-state index in [2.05, 4.69) is 20.4 Å². The Kier molecular flexibility index (Phi) is 3.42. The van der Waals surface area contributed by atoms with Crippen molar-refractivity contribution in [1.82, 2.24) is 19.7 Å². The van der Waals surface area contributed by atoms with Crippen molar-refractivity contribution in [1.29, 1.82) is 0 Å². The van der Waals surface area contributed by atoms with Gasteiger partial charge in [0.1, 0.15) is 18.5 Å². The van der Waals surface area contributed by atoms with Gasteiger partial charge in [0.25, 0.3) is 5.91 Å². The summed E-state index contributed by atoms with van der Waals surface area (Å²) in [5, 5.41) is 6.80. The van der Waals surface area contributed by atoms with Crippen LogP contribution in [-0.4, -0.2) is 25.7 Å². The van der Waals surface area contributed by atoms with Crippen LogP contribution in [0.25, 0.3) is 5.69 Å². The zero-order chi connectivity index (χ0) is 14.7. The number of carbonyl (C=O) groups is 1. The number of benzene rings is 1. The monoisotopic (exact) mass is 279 g/mol. The van der Waals surface area contributed by atoms with E-state index >= 15 is 0 Å². The Balaban J connectivity index is 1.76. The molecule has 0 saturated carbocycles. The van der Waals surface area contributed by atoms with Gasteiger partial charge in [0.15, 0.2) is 0 Å². The maximum absolute atomic E-state index is 12.1. The van der Waals surface area contributed by atoms with Crippen molar-refractivity contribution in [3.8, 4) is 5.69 Å². The van der Waals surface area contributed by atoms with Crippen molar-refractivity contribution in [2.24, 2.45) is 0 Å². The second-order valence-corrected chi connectivity index (χ2v) is 4.51. The quantitative estimate of drug-likeness (QED) is 0.798. The molecule has 3 rings (SSSR count). The first kappa shape index (κ1) is 13.0. The van der Waals surface area contributed by atoms with Crippen molar-refractivity contribution in [3.63, 3.8) is 0 Å². The number of pyridine rings is 1. The topological polar surface area (TPSA) is 72.7 Å². The van der Waals surface area contributed by atoms with Crippen molar-refractivity contribution >= 4 is 11.7 Å². The molecule has 1 amide bonds. The fourth-order valence-corrected chi connectivity index (χ4v) is 1.91. The predicted molar refractivity (Wildman–Crippen MR) is 78.3 cm³/mol. The lowest BCUT2D eigenvalue weighted by atomic mass is 10.2. The fraction of sp³-hybridized carbons (Fsp3) is 0.0667. The lowest BCUT2D eigenvalue weighted by molar-refractivity contribution is 0.102. The minimum atomic E-state index is -0.196. The number of nitrogens with zero attached hydrogens (tertiary/aromatic N) is 4. The average molecular weight is 279 g/mol. The molecule has 0 saturated heterocycles. The van der Waals surface area contributed by atoms with Gasteiger partial charge in [-0.05, 0) is 43.3 Å². The van der Waals surface area contributed by atoms with Crippen LogP contribution >= 0.6 is 0 Å². The maximum Gasteiger partial charge on any atom is 0.256 e. The third-order valence-electron chi connectivity index (χ3n) is 2.94. The Morgan fingerprint density at radius 2 is 1.95 bits per heavy atom. The molecule has 6 nitrogen and oxygen atoms in total. The van der Waals surface area contributed by atoms with E-state index in [0.717, 1.165) is 11.4 Å². The molecule has 2 heterocycles. The summed E-state index contributed by atoms with van der Waals surface area (Å²) < 4.78 is 1.63. The average Bonchev–Trinajstić information content (AvgIpc) is 3.01. The van der Waals surface area contributed by atoms with Crippen LogP contribution in [0, 0.1) is 6.92 Å². The van der Waals surface area contributed by atoms with Crippen LogP contribution < -0.4 is 5.32 Å². The van der Waals surface area contributed by atoms with E-state index in [1.54, 1.807) is 29.2 Å². The summed E-state index contributed by atoms with van der Waals surface area (Å²) in [4.78, 5) is 20.3. The Morgan fingerprint density at radius 1 is 1.14 bits per heavy atom. The van der Waals surface area contributed by atoms with Gasteiger partial charge in [0.05, 0.1) is 5.69 Å². The Bertz CT molecular complexity index is 750. The van der Waals surface area contributed by atoms with E-state index in [-0.39, 0.29) is 5.91 Å². The molecule has 21 heavy (non-hydrogen) atoms. The number of amides is 1. The molecular weight excluding hydrogens is 266 g/mol. The molecule has 0 fully saturated rings. The largest absolute Gasteiger partial charge is 0.307 e. The van der Waals surface area contributed by atoms with E-state index in [0.29, 0.717) is 11.4 Å². The predicted octanol–water partition coefficient (Wildman–Crippen LogP) is 2.22. The van der Waals surface area contributed by atoms with Crippen LogP contribution in [0.1, 0.15) is 16.1 Å². The highest BCUT2D eigenvalue weighted by molar-refractivity contribution is 6.03. The summed E-state index contributed by atoms with van der Waals surface area (Å²) in [5.74, 6) is 0.346. The summed E-state index contributed by atoms with van der Waals surface area (Å²) in [6.45, 7) is 1.88.